The molecule has 12 heteroatoms. The molecule has 0 aliphatic carbocycles. The van der Waals surface area contributed by atoms with E-state index in [-0.39, 0.29) is 31.1 Å². The highest BCUT2D eigenvalue weighted by molar-refractivity contribution is 5.95. The standard InChI is InChI=1S/C28H30N4O8/c1-6-12-39-20-10-8-18(13-22(20)36-4)15-29-32-24(33)16-40-21-11-9-19(14-23(21)37-5)26-25(27(34)38-7-2)17(3)30-28(35)31-26/h1,8-11,13-15,26H,7,12,16H2,2-5H3,(H,32,33)(H2,30,31,35)/b29-15-/t26-/m0/s1. The summed E-state index contributed by atoms with van der Waals surface area (Å²) in [6, 6.07) is 8.69. The molecule has 0 unspecified atom stereocenters. The van der Waals surface area contributed by atoms with Crippen molar-refractivity contribution in [3.05, 3.63) is 58.8 Å². The minimum absolute atomic E-state index is 0.105. The minimum atomic E-state index is -0.773. The number of ether oxygens (including phenoxy) is 5. The maximum atomic E-state index is 12.6. The third kappa shape index (κ3) is 7.44. The van der Waals surface area contributed by atoms with Crippen molar-refractivity contribution in [2.75, 3.05) is 34.0 Å². The van der Waals surface area contributed by atoms with Crippen molar-refractivity contribution in [3.63, 3.8) is 0 Å². The van der Waals surface area contributed by atoms with E-state index in [2.05, 4.69) is 27.1 Å². The molecule has 12 nitrogen and oxygen atoms in total. The SMILES string of the molecule is C#CCOc1ccc(/C=N\NC(=O)COc2ccc([C@@H]3NC(=O)NC(C)=C3C(=O)OCC)cc2OC)cc1OC. The van der Waals surface area contributed by atoms with Crippen LogP contribution in [0.25, 0.3) is 0 Å². The van der Waals surface area contributed by atoms with Gasteiger partial charge >= 0.3 is 12.0 Å². The van der Waals surface area contributed by atoms with Gasteiger partial charge in [0.1, 0.15) is 6.61 Å². The fraction of sp³-hybridized carbons (Fsp3) is 0.286. The monoisotopic (exact) mass is 550 g/mol. The van der Waals surface area contributed by atoms with Gasteiger partial charge in [-0.05, 0) is 55.3 Å². The number of benzene rings is 2. The van der Waals surface area contributed by atoms with Crippen LogP contribution >= 0.6 is 0 Å². The van der Waals surface area contributed by atoms with Gasteiger partial charge in [-0.15, -0.1) is 6.42 Å². The number of nitrogens with zero attached hydrogens (tertiary/aromatic N) is 1. The first kappa shape index (κ1) is 29.4. The summed E-state index contributed by atoms with van der Waals surface area (Å²) >= 11 is 0. The number of terminal acetylenes is 1. The number of urea groups is 1. The van der Waals surface area contributed by atoms with E-state index in [0.717, 1.165) is 0 Å². The molecule has 3 amide bonds. The van der Waals surface area contributed by atoms with Crippen LogP contribution < -0.4 is 35.0 Å². The molecular formula is C28H30N4O8. The molecule has 3 N–H and O–H groups in total. The van der Waals surface area contributed by atoms with Gasteiger partial charge in [0.2, 0.25) is 0 Å². The molecule has 1 aliphatic rings. The van der Waals surface area contributed by atoms with Crippen molar-refractivity contribution >= 4 is 24.1 Å². The second-order valence-electron chi connectivity index (χ2n) is 8.19. The largest absolute Gasteiger partial charge is 0.493 e. The van der Waals surface area contributed by atoms with Crippen LogP contribution in [0.15, 0.2) is 52.8 Å². The van der Waals surface area contributed by atoms with Crippen LogP contribution in [0.4, 0.5) is 4.79 Å². The lowest BCUT2D eigenvalue weighted by Crippen LogP contribution is -2.45. The van der Waals surface area contributed by atoms with Gasteiger partial charge in [0.25, 0.3) is 5.91 Å². The van der Waals surface area contributed by atoms with E-state index >= 15 is 0 Å². The Labute approximate surface area is 231 Å². The Balaban J connectivity index is 1.65. The second-order valence-corrected chi connectivity index (χ2v) is 8.19. The van der Waals surface area contributed by atoms with Gasteiger partial charge in [0.05, 0.1) is 38.7 Å². The summed E-state index contributed by atoms with van der Waals surface area (Å²) < 4.78 is 26.9. The van der Waals surface area contributed by atoms with Gasteiger partial charge in [-0.2, -0.15) is 5.10 Å². The molecule has 3 rings (SSSR count). The smallest absolute Gasteiger partial charge is 0.338 e. The number of hydrogen-bond acceptors (Lipinski definition) is 9. The summed E-state index contributed by atoms with van der Waals surface area (Å²) in [4.78, 5) is 37.0. The number of rotatable bonds is 12. The van der Waals surface area contributed by atoms with Crippen molar-refractivity contribution < 1.29 is 38.1 Å². The summed E-state index contributed by atoms with van der Waals surface area (Å²) in [6.07, 6.45) is 6.65. The highest BCUT2D eigenvalue weighted by Crippen LogP contribution is 2.34. The lowest BCUT2D eigenvalue weighted by molar-refractivity contribution is -0.139. The third-order valence-electron chi connectivity index (χ3n) is 5.55. The van der Waals surface area contributed by atoms with Gasteiger partial charge in [0, 0.05) is 5.70 Å². The van der Waals surface area contributed by atoms with Crippen LogP contribution in [-0.4, -0.2) is 58.2 Å². The first-order valence-corrected chi connectivity index (χ1v) is 12.1. The quantitative estimate of drug-likeness (QED) is 0.158. The van der Waals surface area contributed by atoms with E-state index in [9.17, 15) is 14.4 Å². The van der Waals surface area contributed by atoms with Crippen molar-refractivity contribution in [2.24, 2.45) is 5.10 Å². The van der Waals surface area contributed by atoms with Crippen molar-refractivity contribution in [2.45, 2.75) is 19.9 Å². The van der Waals surface area contributed by atoms with Crippen LogP contribution in [0, 0.1) is 12.3 Å². The Morgan fingerprint density at radius 3 is 2.48 bits per heavy atom. The number of hydrazone groups is 1. The van der Waals surface area contributed by atoms with E-state index in [1.165, 1.54) is 20.4 Å². The summed E-state index contributed by atoms with van der Waals surface area (Å²) in [5.41, 5.74) is 4.24. The zero-order valence-corrected chi connectivity index (χ0v) is 22.5. The summed E-state index contributed by atoms with van der Waals surface area (Å²) in [6.45, 7) is 3.25. The Kier molecular flexibility index (Phi) is 10.4. The maximum absolute atomic E-state index is 12.6. The molecular weight excluding hydrogens is 520 g/mol. The fourth-order valence-electron chi connectivity index (χ4n) is 3.76. The van der Waals surface area contributed by atoms with E-state index in [4.69, 9.17) is 30.1 Å². The number of nitrogens with one attached hydrogen (secondary N) is 3. The van der Waals surface area contributed by atoms with Crippen molar-refractivity contribution in [3.8, 4) is 35.3 Å². The van der Waals surface area contributed by atoms with Crippen molar-refractivity contribution in [1.29, 1.82) is 0 Å². The summed E-state index contributed by atoms with van der Waals surface area (Å²) in [5, 5.41) is 9.24. The van der Waals surface area contributed by atoms with Crippen LogP contribution in [0.2, 0.25) is 0 Å². The highest BCUT2D eigenvalue weighted by Gasteiger charge is 2.32. The van der Waals surface area contributed by atoms with Crippen LogP contribution in [0.5, 0.6) is 23.0 Å². The predicted molar refractivity (Wildman–Crippen MR) is 145 cm³/mol. The first-order chi connectivity index (χ1) is 19.3. The highest BCUT2D eigenvalue weighted by atomic mass is 16.5. The molecule has 210 valence electrons. The van der Waals surface area contributed by atoms with Gasteiger partial charge in [-0.25, -0.2) is 15.0 Å². The van der Waals surface area contributed by atoms with E-state index in [1.807, 2.05) is 0 Å². The van der Waals surface area contributed by atoms with Crippen LogP contribution in [0.1, 0.15) is 31.0 Å². The Bertz CT molecular complexity index is 1360. The lowest BCUT2D eigenvalue weighted by atomic mass is 9.95. The average molecular weight is 551 g/mol. The molecule has 2 aromatic rings. The number of esters is 1. The first-order valence-electron chi connectivity index (χ1n) is 12.1. The fourth-order valence-corrected chi connectivity index (χ4v) is 3.76. The summed E-state index contributed by atoms with van der Waals surface area (Å²) in [5.74, 6) is 2.83. The zero-order chi connectivity index (χ0) is 29.1. The average Bonchev–Trinajstić information content (AvgIpc) is 2.94. The molecule has 1 heterocycles. The van der Waals surface area contributed by atoms with Gasteiger partial charge in [-0.1, -0.05) is 12.0 Å². The number of carbonyl (C=O) groups is 3. The molecule has 0 spiro atoms. The third-order valence-corrected chi connectivity index (χ3v) is 5.55. The number of hydrogen-bond donors (Lipinski definition) is 3. The molecule has 0 bridgehead atoms. The molecule has 40 heavy (non-hydrogen) atoms. The molecule has 1 atom stereocenters. The molecule has 2 aromatic carbocycles. The number of amides is 3. The molecule has 0 saturated heterocycles. The number of allylic oxidation sites excluding steroid dienone is 1. The lowest BCUT2D eigenvalue weighted by Gasteiger charge is -2.28. The van der Waals surface area contributed by atoms with Crippen LogP contribution in [0.3, 0.4) is 0 Å². The number of carbonyl (C=O) groups excluding carboxylic acids is 3. The Morgan fingerprint density at radius 2 is 1.77 bits per heavy atom. The van der Waals surface area contributed by atoms with Crippen molar-refractivity contribution in [1.82, 2.24) is 16.1 Å². The molecule has 0 aromatic heterocycles. The van der Waals surface area contributed by atoms with Crippen LogP contribution in [-0.2, 0) is 14.3 Å². The molecule has 0 fully saturated rings. The topological polar surface area (TPSA) is 146 Å². The molecule has 1 aliphatic heterocycles. The van der Waals surface area contributed by atoms with E-state index < -0.39 is 23.9 Å². The van der Waals surface area contributed by atoms with Gasteiger partial charge in [-0.3, -0.25) is 4.79 Å². The number of methoxy groups -OCH3 is 2. The van der Waals surface area contributed by atoms with E-state index in [1.54, 1.807) is 50.2 Å². The zero-order valence-electron chi connectivity index (χ0n) is 22.5. The van der Waals surface area contributed by atoms with Gasteiger partial charge < -0.3 is 34.3 Å². The second kappa shape index (κ2) is 14.1. The normalized spacial score (nSPS) is 14.5. The molecule has 0 saturated carbocycles. The van der Waals surface area contributed by atoms with E-state index in [0.29, 0.717) is 34.1 Å². The maximum Gasteiger partial charge on any atom is 0.338 e. The minimum Gasteiger partial charge on any atom is -0.493 e. The Hall–Kier alpha value is -5.18. The van der Waals surface area contributed by atoms with Gasteiger partial charge in [0.15, 0.2) is 29.6 Å². The summed E-state index contributed by atoms with van der Waals surface area (Å²) in [7, 11) is 2.93. The predicted octanol–water partition coefficient (Wildman–Crippen LogP) is 2.44. The Morgan fingerprint density at radius 1 is 1.07 bits per heavy atom. The molecule has 0 radical (unpaired) electrons.